The number of ether oxygens (including phenoxy) is 2. The molecule has 0 aliphatic carbocycles. The second kappa shape index (κ2) is 10.0. The highest BCUT2D eigenvalue weighted by atomic mass is 35.5. The first-order valence-electron chi connectivity index (χ1n) is 7.73. The number of nitrogens with one attached hydrogen (secondary N) is 1. The van der Waals surface area contributed by atoms with Crippen LogP contribution in [-0.4, -0.2) is 37.1 Å². The van der Waals surface area contributed by atoms with Crippen molar-refractivity contribution in [3.05, 3.63) is 27.8 Å². The van der Waals surface area contributed by atoms with Crippen molar-refractivity contribution < 1.29 is 19.2 Å². The molecule has 1 rings (SSSR count). The summed E-state index contributed by atoms with van der Waals surface area (Å²) < 4.78 is 10.3. The quantitative estimate of drug-likeness (QED) is 0.504. The maximum absolute atomic E-state index is 12.1. The highest BCUT2D eigenvalue weighted by molar-refractivity contribution is 5.85. The fourth-order valence-corrected chi connectivity index (χ4v) is 2.43. The zero-order valence-corrected chi connectivity index (χ0v) is 15.8. The fourth-order valence-electron chi connectivity index (χ4n) is 2.43. The van der Waals surface area contributed by atoms with Crippen LogP contribution in [0, 0.1) is 10.1 Å². The summed E-state index contributed by atoms with van der Waals surface area (Å²) in [5.74, 6) is 0.418. The van der Waals surface area contributed by atoms with Crippen LogP contribution in [0.1, 0.15) is 32.3 Å². The largest absolute Gasteiger partial charge is 0.493 e. The van der Waals surface area contributed by atoms with E-state index >= 15 is 0 Å². The van der Waals surface area contributed by atoms with Gasteiger partial charge in [-0.1, -0.05) is 13.3 Å². The lowest BCUT2D eigenvalue weighted by molar-refractivity contribution is -0.385. The number of benzene rings is 1. The summed E-state index contributed by atoms with van der Waals surface area (Å²) in [5.41, 5.74) is 5.38. The molecule has 3 N–H and O–H groups in total. The Bertz CT molecular complexity index is 608. The number of carbonyl (C=O) groups excluding carboxylic acids is 1. The second-order valence-electron chi connectivity index (χ2n) is 5.77. The van der Waals surface area contributed by atoms with Crippen LogP contribution < -0.4 is 20.5 Å². The third kappa shape index (κ3) is 6.06. The molecular weight excluding hydrogens is 350 g/mol. The highest BCUT2D eigenvalue weighted by Gasteiger charge is 2.27. The normalized spacial score (nSPS) is 12.5. The molecule has 8 nitrogen and oxygen atoms in total. The monoisotopic (exact) mass is 375 g/mol. The molecule has 0 heterocycles. The highest BCUT2D eigenvalue weighted by Crippen LogP contribution is 2.34. The molecule has 142 valence electrons. The smallest absolute Gasteiger partial charge is 0.276 e. The van der Waals surface area contributed by atoms with Gasteiger partial charge in [0.15, 0.2) is 11.5 Å². The van der Waals surface area contributed by atoms with E-state index < -0.39 is 10.5 Å². The van der Waals surface area contributed by atoms with Crippen molar-refractivity contribution in [3.63, 3.8) is 0 Å². The van der Waals surface area contributed by atoms with Crippen LogP contribution in [0.4, 0.5) is 5.69 Å². The Labute approximate surface area is 153 Å². The van der Waals surface area contributed by atoms with Crippen molar-refractivity contribution in [1.82, 2.24) is 5.32 Å². The zero-order chi connectivity index (χ0) is 18.3. The first kappa shape index (κ1) is 22.9. The maximum atomic E-state index is 12.1. The Kier molecular flexibility index (Phi) is 9.22. The molecule has 9 heteroatoms. The van der Waals surface area contributed by atoms with Gasteiger partial charge in [0.1, 0.15) is 0 Å². The number of hydrogen-bond donors (Lipinski definition) is 2. The lowest BCUT2D eigenvalue weighted by atomic mass is 9.96. The van der Waals surface area contributed by atoms with Gasteiger partial charge in [-0.3, -0.25) is 14.9 Å². The Morgan fingerprint density at radius 2 is 1.88 bits per heavy atom. The molecule has 0 bridgehead atoms. The zero-order valence-electron chi connectivity index (χ0n) is 15.0. The van der Waals surface area contributed by atoms with Gasteiger partial charge in [-0.05, 0) is 25.8 Å². The van der Waals surface area contributed by atoms with Gasteiger partial charge in [-0.2, -0.15) is 0 Å². The number of nitrogens with zero attached hydrogens (tertiary/aromatic N) is 1. The summed E-state index contributed by atoms with van der Waals surface area (Å²) in [7, 11) is 2.87. The van der Waals surface area contributed by atoms with E-state index in [4.69, 9.17) is 15.2 Å². The third-order valence-corrected chi connectivity index (χ3v) is 3.75. The van der Waals surface area contributed by atoms with Crippen molar-refractivity contribution in [1.29, 1.82) is 0 Å². The van der Waals surface area contributed by atoms with Gasteiger partial charge < -0.3 is 20.5 Å². The maximum Gasteiger partial charge on any atom is 0.276 e. The molecule has 0 saturated carbocycles. The van der Waals surface area contributed by atoms with Crippen LogP contribution in [0.3, 0.4) is 0 Å². The van der Waals surface area contributed by atoms with Gasteiger partial charge in [0.05, 0.1) is 30.7 Å². The van der Waals surface area contributed by atoms with Crippen molar-refractivity contribution in [2.75, 3.05) is 20.8 Å². The molecule has 0 fully saturated rings. The second-order valence-corrected chi connectivity index (χ2v) is 5.77. The summed E-state index contributed by atoms with van der Waals surface area (Å²) in [6.45, 7) is 3.86. The summed E-state index contributed by atoms with van der Waals surface area (Å²) in [6, 6.07) is 2.87. The van der Waals surface area contributed by atoms with E-state index in [-0.39, 0.29) is 42.7 Å². The summed E-state index contributed by atoms with van der Waals surface area (Å²) in [5, 5.41) is 14.0. The number of nitrogens with two attached hydrogens (primary N) is 1. The van der Waals surface area contributed by atoms with Crippen molar-refractivity contribution in [2.45, 2.75) is 38.6 Å². The average Bonchev–Trinajstić information content (AvgIpc) is 2.53. The van der Waals surface area contributed by atoms with E-state index in [0.29, 0.717) is 17.7 Å². The van der Waals surface area contributed by atoms with E-state index in [2.05, 4.69) is 5.32 Å². The first-order valence-corrected chi connectivity index (χ1v) is 7.73. The minimum atomic E-state index is -0.946. The third-order valence-electron chi connectivity index (χ3n) is 3.75. The van der Waals surface area contributed by atoms with Gasteiger partial charge in [0, 0.05) is 12.1 Å². The van der Waals surface area contributed by atoms with Crippen molar-refractivity contribution in [2.24, 2.45) is 5.73 Å². The molecule has 1 atom stereocenters. The van der Waals surface area contributed by atoms with Crippen LogP contribution in [-0.2, 0) is 11.2 Å². The average molecular weight is 376 g/mol. The van der Waals surface area contributed by atoms with Gasteiger partial charge in [-0.25, -0.2) is 0 Å². The summed E-state index contributed by atoms with van der Waals surface area (Å²) in [4.78, 5) is 22.8. The van der Waals surface area contributed by atoms with Crippen LogP contribution >= 0.6 is 12.4 Å². The first-order chi connectivity index (χ1) is 11.3. The molecule has 25 heavy (non-hydrogen) atoms. The predicted octanol–water partition coefficient (Wildman–Crippen LogP) is 2.21. The van der Waals surface area contributed by atoms with Crippen LogP contribution in [0.25, 0.3) is 0 Å². The molecule has 1 unspecified atom stereocenters. The molecule has 0 radical (unpaired) electrons. The van der Waals surface area contributed by atoms with Gasteiger partial charge in [-0.15, -0.1) is 12.4 Å². The van der Waals surface area contributed by atoms with Gasteiger partial charge in [0.2, 0.25) is 5.91 Å². The fraction of sp³-hybridized carbons (Fsp3) is 0.562. The van der Waals surface area contributed by atoms with Crippen molar-refractivity contribution >= 4 is 24.0 Å². The molecule has 0 saturated heterocycles. The number of methoxy groups -OCH3 is 2. The number of amides is 1. The van der Waals surface area contributed by atoms with Crippen LogP contribution in [0.2, 0.25) is 0 Å². The van der Waals surface area contributed by atoms with Crippen LogP contribution in [0.5, 0.6) is 11.5 Å². The number of rotatable bonds is 9. The molecule has 0 aromatic heterocycles. The molecule has 1 aromatic carbocycles. The van der Waals surface area contributed by atoms with Crippen molar-refractivity contribution in [3.8, 4) is 11.5 Å². The Hall–Kier alpha value is -2.06. The molecule has 0 spiro atoms. The van der Waals surface area contributed by atoms with E-state index in [1.807, 2.05) is 6.92 Å². The van der Waals surface area contributed by atoms with Crippen LogP contribution in [0.15, 0.2) is 12.1 Å². The lowest BCUT2D eigenvalue weighted by Crippen LogP contribution is -2.51. The molecule has 0 aliphatic rings. The standard InChI is InChI=1S/C16H25N3O5.ClH/c1-5-7-16(2,17)15(20)18-8-6-11-9-13(23-3)14(24-4)10-12(11)19(21)22;/h9-10H,5-8,17H2,1-4H3,(H,18,20);1H. The van der Waals surface area contributed by atoms with Gasteiger partial charge >= 0.3 is 0 Å². The lowest BCUT2D eigenvalue weighted by Gasteiger charge is -2.22. The number of nitro benzene ring substituents is 1. The van der Waals surface area contributed by atoms with E-state index in [0.717, 1.165) is 6.42 Å². The molecule has 1 amide bonds. The minimum Gasteiger partial charge on any atom is -0.493 e. The Morgan fingerprint density at radius 1 is 1.32 bits per heavy atom. The van der Waals surface area contributed by atoms with E-state index in [9.17, 15) is 14.9 Å². The van der Waals surface area contributed by atoms with Gasteiger partial charge in [0.25, 0.3) is 5.69 Å². The predicted molar refractivity (Wildman–Crippen MR) is 97.7 cm³/mol. The van der Waals surface area contributed by atoms with E-state index in [1.165, 1.54) is 20.3 Å². The summed E-state index contributed by atoms with van der Waals surface area (Å²) in [6.07, 6.45) is 1.64. The molecule has 0 aliphatic heterocycles. The number of hydrogen-bond acceptors (Lipinski definition) is 6. The topological polar surface area (TPSA) is 117 Å². The molecular formula is C16H26ClN3O5. The minimum absolute atomic E-state index is 0. The number of nitro groups is 1. The summed E-state index contributed by atoms with van der Waals surface area (Å²) >= 11 is 0. The molecule has 1 aromatic rings. The Morgan fingerprint density at radius 3 is 2.36 bits per heavy atom. The number of halogens is 1. The van der Waals surface area contributed by atoms with E-state index in [1.54, 1.807) is 13.0 Å². The SMILES string of the molecule is CCCC(C)(N)C(=O)NCCc1cc(OC)c(OC)cc1[N+](=O)[O-].Cl. The Balaban J connectivity index is 0.00000576. The number of carbonyl (C=O) groups is 1.